The standard InChI is InChI=1S/C14H22N2O/c1-12-5-4-7-14(17,9-12)11-15-10-13-6-2-3-8-16-13/h2-3,6,8,12,15,17H,4-5,7,9-11H2,1H3. The Bertz CT molecular complexity index is 341. The molecule has 1 aliphatic carbocycles. The van der Waals surface area contributed by atoms with Crippen molar-refractivity contribution in [2.75, 3.05) is 6.54 Å². The first-order valence-electron chi connectivity index (χ1n) is 6.51. The van der Waals surface area contributed by atoms with Crippen LogP contribution in [0.25, 0.3) is 0 Å². The van der Waals surface area contributed by atoms with Crippen LogP contribution in [0, 0.1) is 5.92 Å². The summed E-state index contributed by atoms with van der Waals surface area (Å²) in [5.41, 5.74) is 0.520. The molecule has 1 aliphatic rings. The molecule has 3 nitrogen and oxygen atoms in total. The Labute approximate surface area is 103 Å². The van der Waals surface area contributed by atoms with E-state index in [-0.39, 0.29) is 0 Å². The molecule has 0 spiro atoms. The lowest BCUT2D eigenvalue weighted by Crippen LogP contribution is -2.43. The quantitative estimate of drug-likeness (QED) is 0.838. The summed E-state index contributed by atoms with van der Waals surface area (Å²) in [5, 5.41) is 13.8. The summed E-state index contributed by atoms with van der Waals surface area (Å²) in [5.74, 6) is 0.644. The highest BCUT2D eigenvalue weighted by molar-refractivity contribution is 5.03. The second kappa shape index (κ2) is 5.61. The van der Waals surface area contributed by atoms with Crippen LogP contribution in [0.4, 0.5) is 0 Å². The normalized spacial score (nSPS) is 29.2. The molecule has 94 valence electrons. The van der Waals surface area contributed by atoms with E-state index in [9.17, 15) is 5.11 Å². The third-order valence-corrected chi connectivity index (χ3v) is 3.55. The molecule has 0 saturated heterocycles. The minimum Gasteiger partial charge on any atom is -0.389 e. The Kier molecular flexibility index (Phi) is 4.13. The van der Waals surface area contributed by atoms with Gasteiger partial charge < -0.3 is 10.4 Å². The predicted octanol–water partition coefficient (Wildman–Crippen LogP) is 2.11. The van der Waals surface area contributed by atoms with Gasteiger partial charge in [0.05, 0.1) is 11.3 Å². The summed E-state index contributed by atoms with van der Waals surface area (Å²) in [6.45, 7) is 3.63. The number of nitrogens with zero attached hydrogens (tertiary/aromatic N) is 1. The van der Waals surface area contributed by atoms with Crippen LogP contribution in [0.15, 0.2) is 24.4 Å². The van der Waals surface area contributed by atoms with E-state index in [1.807, 2.05) is 18.2 Å². The Morgan fingerprint density at radius 1 is 1.53 bits per heavy atom. The number of nitrogens with one attached hydrogen (secondary N) is 1. The fourth-order valence-electron chi connectivity index (χ4n) is 2.72. The summed E-state index contributed by atoms with van der Waals surface area (Å²) >= 11 is 0. The van der Waals surface area contributed by atoms with Gasteiger partial charge in [-0.05, 0) is 30.9 Å². The highest BCUT2D eigenvalue weighted by Crippen LogP contribution is 2.31. The first-order valence-corrected chi connectivity index (χ1v) is 6.51. The van der Waals surface area contributed by atoms with E-state index in [4.69, 9.17) is 0 Å². The van der Waals surface area contributed by atoms with Gasteiger partial charge in [-0.15, -0.1) is 0 Å². The molecule has 2 atom stereocenters. The third kappa shape index (κ3) is 3.79. The highest BCUT2D eigenvalue weighted by Gasteiger charge is 2.31. The minimum absolute atomic E-state index is 0.507. The molecule has 0 bridgehead atoms. The molecule has 2 unspecified atom stereocenters. The third-order valence-electron chi connectivity index (χ3n) is 3.55. The molecule has 0 amide bonds. The molecule has 0 radical (unpaired) electrons. The molecular formula is C14H22N2O. The second-order valence-electron chi connectivity index (χ2n) is 5.35. The van der Waals surface area contributed by atoms with Crippen molar-refractivity contribution < 1.29 is 5.11 Å². The molecule has 0 aromatic carbocycles. The van der Waals surface area contributed by atoms with E-state index >= 15 is 0 Å². The van der Waals surface area contributed by atoms with Crippen LogP contribution in [0.2, 0.25) is 0 Å². The van der Waals surface area contributed by atoms with E-state index in [2.05, 4.69) is 17.2 Å². The van der Waals surface area contributed by atoms with E-state index in [0.717, 1.165) is 31.5 Å². The van der Waals surface area contributed by atoms with E-state index in [0.29, 0.717) is 12.5 Å². The lowest BCUT2D eigenvalue weighted by atomic mass is 9.79. The van der Waals surface area contributed by atoms with Crippen molar-refractivity contribution in [1.29, 1.82) is 0 Å². The van der Waals surface area contributed by atoms with Crippen molar-refractivity contribution >= 4 is 0 Å². The fourth-order valence-corrected chi connectivity index (χ4v) is 2.72. The van der Waals surface area contributed by atoms with Crippen molar-refractivity contribution in [2.45, 2.75) is 44.8 Å². The van der Waals surface area contributed by atoms with Gasteiger partial charge in [0, 0.05) is 19.3 Å². The van der Waals surface area contributed by atoms with Crippen molar-refractivity contribution in [3.05, 3.63) is 30.1 Å². The van der Waals surface area contributed by atoms with Gasteiger partial charge in [-0.3, -0.25) is 4.98 Å². The zero-order chi connectivity index (χ0) is 12.1. The summed E-state index contributed by atoms with van der Waals surface area (Å²) in [4.78, 5) is 4.25. The Balaban J connectivity index is 1.78. The van der Waals surface area contributed by atoms with Gasteiger partial charge in [-0.25, -0.2) is 0 Å². The van der Waals surface area contributed by atoms with Gasteiger partial charge in [0.2, 0.25) is 0 Å². The van der Waals surface area contributed by atoms with Gasteiger partial charge in [0.25, 0.3) is 0 Å². The maximum absolute atomic E-state index is 10.4. The zero-order valence-corrected chi connectivity index (χ0v) is 10.5. The fraction of sp³-hybridized carbons (Fsp3) is 0.643. The van der Waals surface area contributed by atoms with Crippen LogP contribution in [0.1, 0.15) is 38.3 Å². The Morgan fingerprint density at radius 2 is 2.41 bits per heavy atom. The molecule has 17 heavy (non-hydrogen) atoms. The van der Waals surface area contributed by atoms with Crippen LogP contribution in [-0.4, -0.2) is 22.2 Å². The zero-order valence-electron chi connectivity index (χ0n) is 10.5. The number of aromatic nitrogens is 1. The van der Waals surface area contributed by atoms with E-state index in [1.165, 1.54) is 6.42 Å². The Morgan fingerprint density at radius 3 is 3.12 bits per heavy atom. The first-order chi connectivity index (χ1) is 8.18. The summed E-state index contributed by atoms with van der Waals surface area (Å²) in [6, 6.07) is 5.90. The molecular weight excluding hydrogens is 212 g/mol. The maximum Gasteiger partial charge on any atom is 0.0774 e. The lowest BCUT2D eigenvalue weighted by Gasteiger charge is -2.35. The summed E-state index contributed by atoms with van der Waals surface area (Å²) < 4.78 is 0. The summed E-state index contributed by atoms with van der Waals surface area (Å²) in [7, 11) is 0. The molecule has 1 aromatic rings. The predicted molar refractivity (Wildman–Crippen MR) is 68.5 cm³/mol. The first kappa shape index (κ1) is 12.5. The number of pyridine rings is 1. The molecule has 1 fully saturated rings. The van der Waals surface area contributed by atoms with Crippen LogP contribution < -0.4 is 5.32 Å². The average molecular weight is 234 g/mol. The smallest absolute Gasteiger partial charge is 0.0774 e. The van der Waals surface area contributed by atoms with E-state index < -0.39 is 5.60 Å². The molecule has 1 saturated carbocycles. The number of hydrogen-bond acceptors (Lipinski definition) is 3. The van der Waals surface area contributed by atoms with Gasteiger partial charge in [0.15, 0.2) is 0 Å². The monoisotopic (exact) mass is 234 g/mol. The topological polar surface area (TPSA) is 45.1 Å². The lowest BCUT2D eigenvalue weighted by molar-refractivity contribution is -0.0119. The highest BCUT2D eigenvalue weighted by atomic mass is 16.3. The van der Waals surface area contributed by atoms with Gasteiger partial charge >= 0.3 is 0 Å². The molecule has 2 N–H and O–H groups in total. The minimum atomic E-state index is -0.507. The second-order valence-corrected chi connectivity index (χ2v) is 5.35. The molecule has 3 heteroatoms. The summed E-state index contributed by atoms with van der Waals surface area (Å²) in [6.07, 6.45) is 6.04. The Hall–Kier alpha value is -0.930. The van der Waals surface area contributed by atoms with Crippen LogP contribution in [0.5, 0.6) is 0 Å². The molecule has 1 aromatic heterocycles. The van der Waals surface area contributed by atoms with Crippen molar-refractivity contribution in [1.82, 2.24) is 10.3 Å². The SMILES string of the molecule is CC1CCCC(O)(CNCc2ccccn2)C1. The van der Waals surface area contributed by atoms with Gasteiger partial charge in [0.1, 0.15) is 0 Å². The molecule has 0 aliphatic heterocycles. The van der Waals surface area contributed by atoms with Crippen molar-refractivity contribution in [3.63, 3.8) is 0 Å². The van der Waals surface area contributed by atoms with E-state index in [1.54, 1.807) is 6.20 Å². The van der Waals surface area contributed by atoms with Crippen LogP contribution >= 0.6 is 0 Å². The molecule has 2 rings (SSSR count). The van der Waals surface area contributed by atoms with Crippen molar-refractivity contribution in [3.8, 4) is 0 Å². The van der Waals surface area contributed by atoms with Gasteiger partial charge in [-0.1, -0.05) is 25.8 Å². The van der Waals surface area contributed by atoms with Gasteiger partial charge in [-0.2, -0.15) is 0 Å². The average Bonchev–Trinajstić information content (AvgIpc) is 2.30. The maximum atomic E-state index is 10.4. The van der Waals surface area contributed by atoms with Crippen LogP contribution in [0.3, 0.4) is 0 Å². The van der Waals surface area contributed by atoms with Crippen molar-refractivity contribution in [2.24, 2.45) is 5.92 Å². The number of hydrogen-bond donors (Lipinski definition) is 2. The number of aliphatic hydroxyl groups is 1. The number of rotatable bonds is 4. The van der Waals surface area contributed by atoms with Crippen LogP contribution in [-0.2, 0) is 6.54 Å². The molecule has 1 heterocycles. The largest absolute Gasteiger partial charge is 0.389 e.